The van der Waals surface area contributed by atoms with Gasteiger partial charge in [-0.05, 0) is 19.3 Å². The zero-order valence-corrected chi connectivity index (χ0v) is 13.7. The summed E-state index contributed by atoms with van der Waals surface area (Å²) >= 11 is 1.51. The van der Waals surface area contributed by atoms with Gasteiger partial charge in [0.05, 0.1) is 34.0 Å². The van der Waals surface area contributed by atoms with E-state index in [1.165, 1.54) is 11.3 Å². The predicted molar refractivity (Wildman–Crippen MR) is 78.9 cm³/mol. The third kappa shape index (κ3) is 4.00. The van der Waals surface area contributed by atoms with Crippen molar-refractivity contribution in [3.05, 3.63) is 16.1 Å². The summed E-state index contributed by atoms with van der Waals surface area (Å²) in [7, 11) is -6.79. The van der Waals surface area contributed by atoms with Crippen molar-refractivity contribution in [3.8, 4) is 0 Å². The summed E-state index contributed by atoms with van der Waals surface area (Å²) in [6.07, 6.45) is 2.06. The highest BCUT2D eigenvalue weighted by Crippen LogP contribution is 2.19. The number of aromatic nitrogens is 1. The van der Waals surface area contributed by atoms with Gasteiger partial charge >= 0.3 is 0 Å². The lowest BCUT2D eigenvalue weighted by Gasteiger charge is -2.10. The predicted octanol–water partition coefficient (Wildman–Crippen LogP) is 0.702. The van der Waals surface area contributed by atoms with Crippen molar-refractivity contribution in [2.45, 2.75) is 38.0 Å². The molecule has 0 unspecified atom stereocenters. The van der Waals surface area contributed by atoms with Crippen molar-refractivity contribution in [2.24, 2.45) is 0 Å². The zero-order valence-electron chi connectivity index (χ0n) is 11.2. The fourth-order valence-corrected chi connectivity index (χ4v) is 7.00. The van der Waals surface area contributed by atoms with Gasteiger partial charge in [-0.1, -0.05) is 6.92 Å². The van der Waals surface area contributed by atoms with E-state index in [-0.39, 0.29) is 24.5 Å². The molecule has 1 saturated heterocycles. The van der Waals surface area contributed by atoms with E-state index in [1.807, 2.05) is 5.38 Å². The van der Waals surface area contributed by atoms with Crippen LogP contribution in [0, 0.1) is 0 Å². The molecule has 0 spiro atoms. The van der Waals surface area contributed by atoms with E-state index in [1.54, 1.807) is 0 Å². The monoisotopic (exact) mass is 338 g/mol. The topological polar surface area (TPSA) is 93.2 Å². The van der Waals surface area contributed by atoms with E-state index in [0.29, 0.717) is 5.69 Å². The molecular weight excluding hydrogens is 320 g/mol. The molecule has 2 heterocycles. The first kappa shape index (κ1) is 15.9. The van der Waals surface area contributed by atoms with Crippen LogP contribution >= 0.6 is 11.3 Å². The molecule has 1 aliphatic rings. The van der Waals surface area contributed by atoms with Gasteiger partial charge in [0.15, 0.2) is 9.84 Å². The van der Waals surface area contributed by atoms with Gasteiger partial charge in [-0.2, -0.15) is 0 Å². The van der Waals surface area contributed by atoms with Gasteiger partial charge in [0, 0.05) is 5.38 Å². The molecule has 1 atom stereocenters. The molecule has 1 aromatic rings. The van der Waals surface area contributed by atoms with Crippen molar-refractivity contribution in [1.29, 1.82) is 0 Å². The summed E-state index contributed by atoms with van der Waals surface area (Å²) in [6, 6.07) is 0. The van der Waals surface area contributed by atoms with Crippen molar-refractivity contribution in [1.82, 2.24) is 9.71 Å². The fraction of sp³-hybridized carbons (Fsp3) is 0.727. The van der Waals surface area contributed by atoms with Crippen molar-refractivity contribution in [3.63, 3.8) is 0 Å². The lowest BCUT2D eigenvalue weighted by atomic mass is 10.3. The summed E-state index contributed by atoms with van der Waals surface area (Å²) < 4.78 is 49.2. The minimum absolute atomic E-state index is 0.0457. The van der Waals surface area contributed by atoms with Crippen LogP contribution < -0.4 is 4.72 Å². The minimum atomic E-state index is -3.60. The Labute approximate surface area is 123 Å². The first-order chi connectivity index (χ1) is 9.32. The largest absolute Gasteiger partial charge is 0.245 e. The molecule has 0 amide bonds. The lowest BCUT2D eigenvalue weighted by molar-refractivity contribution is 0.567. The average molecular weight is 338 g/mol. The standard InChI is InChI=1S/C11H18N2O4S3/c1-2-3-11-13-9(7-18-11)6-12-20(16,17)10-4-5-19(14,15)8-10/h7,10,12H,2-6,8H2,1H3/t10-/m1/s1. The Morgan fingerprint density at radius 3 is 2.85 bits per heavy atom. The zero-order chi connectivity index (χ0) is 14.8. The molecule has 6 nitrogen and oxygen atoms in total. The van der Waals surface area contributed by atoms with E-state index >= 15 is 0 Å². The van der Waals surface area contributed by atoms with Crippen LogP contribution in [-0.2, 0) is 32.8 Å². The van der Waals surface area contributed by atoms with Crippen LogP contribution in [0.25, 0.3) is 0 Å². The van der Waals surface area contributed by atoms with E-state index < -0.39 is 25.1 Å². The maximum atomic E-state index is 12.0. The van der Waals surface area contributed by atoms with Crippen LogP contribution in [0.2, 0.25) is 0 Å². The lowest BCUT2D eigenvalue weighted by Crippen LogP contribution is -2.34. The average Bonchev–Trinajstić information content (AvgIpc) is 2.94. The van der Waals surface area contributed by atoms with Crippen LogP contribution in [0.4, 0.5) is 0 Å². The summed E-state index contributed by atoms with van der Waals surface area (Å²) in [4.78, 5) is 4.33. The number of sulfone groups is 1. The number of thiazole rings is 1. The molecule has 0 bridgehead atoms. The Kier molecular flexibility index (Phi) is 4.83. The number of aryl methyl sites for hydroxylation is 1. The maximum absolute atomic E-state index is 12.0. The molecule has 0 aliphatic carbocycles. The smallest absolute Gasteiger partial charge is 0.215 e. The molecule has 114 valence electrons. The minimum Gasteiger partial charge on any atom is -0.245 e. The van der Waals surface area contributed by atoms with Crippen LogP contribution in [0.1, 0.15) is 30.5 Å². The van der Waals surface area contributed by atoms with Crippen molar-refractivity contribution in [2.75, 3.05) is 11.5 Å². The molecule has 1 fully saturated rings. The Morgan fingerprint density at radius 1 is 1.50 bits per heavy atom. The van der Waals surface area contributed by atoms with Gasteiger partial charge in [0.1, 0.15) is 0 Å². The van der Waals surface area contributed by atoms with E-state index in [4.69, 9.17) is 0 Å². The first-order valence-corrected chi connectivity index (χ1v) is 10.7. The van der Waals surface area contributed by atoms with E-state index in [2.05, 4.69) is 16.6 Å². The maximum Gasteiger partial charge on any atom is 0.215 e. The quantitative estimate of drug-likeness (QED) is 0.824. The van der Waals surface area contributed by atoms with Gasteiger partial charge in [-0.15, -0.1) is 11.3 Å². The summed E-state index contributed by atoms with van der Waals surface area (Å²) in [5, 5.41) is 1.99. The van der Waals surface area contributed by atoms with Gasteiger partial charge in [-0.25, -0.2) is 26.5 Å². The molecule has 1 aliphatic heterocycles. The highest BCUT2D eigenvalue weighted by atomic mass is 32.2. The second-order valence-electron chi connectivity index (χ2n) is 4.87. The molecule has 20 heavy (non-hydrogen) atoms. The van der Waals surface area contributed by atoms with E-state index in [0.717, 1.165) is 17.8 Å². The van der Waals surface area contributed by atoms with Crippen molar-refractivity contribution < 1.29 is 16.8 Å². The van der Waals surface area contributed by atoms with Crippen LogP contribution in [-0.4, -0.2) is 38.6 Å². The highest BCUT2D eigenvalue weighted by Gasteiger charge is 2.36. The summed E-state index contributed by atoms with van der Waals surface area (Å²) in [6.45, 7) is 2.18. The molecule has 0 aromatic carbocycles. The van der Waals surface area contributed by atoms with Crippen LogP contribution in [0.15, 0.2) is 5.38 Å². The Bertz CT molecular complexity index is 664. The highest BCUT2D eigenvalue weighted by molar-refractivity contribution is 7.95. The second kappa shape index (κ2) is 6.08. The van der Waals surface area contributed by atoms with Crippen molar-refractivity contribution >= 4 is 31.2 Å². The number of rotatable bonds is 6. The summed E-state index contributed by atoms with van der Waals surface area (Å²) in [5.41, 5.74) is 0.683. The molecule has 0 saturated carbocycles. The third-order valence-electron chi connectivity index (χ3n) is 3.15. The Morgan fingerprint density at radius 2 is 2.25 bits per heavy atom. The third-order valence-corrected chi connectivity index (χ3v) is 7.91. The Hall–Kier alpha value is -0.510. The first-order valence-electron chi connectivity index (χ1n) is 6.44. The molecule has 1 N–H and O–H groups in total. The Balaban J connectivity index is 1.95. The number of hydrogen-bond acceptors (Lipinski definition) is 6. The molecule has 2 rings (SSSR count). The SMILES string of the molecule is CCCc1nc(CNS(=O)(=O)[C@@H]2CCS(=O)(=O)C2)cs1. The van der Waals surface area contributed by atoms with Crippen LogP contribution in [0.3, 0.4) is 0 Å². The number of nitrogens with zero attached hydrogens (tertiary/aromatic N) is 1. The number of sulfonamides is 1. The molecule has 1 aromatic heterocycles. The number of hydrogen-bond donors (Lipinski definition) is 1. The van der Waals surface area contributed by atoms with Gasteiger partial charge in [0.25, 0.3) is 0 Å². The molecular formula is C11H18N2O4S3. The van der Waals surface area contributed by atoms with Gasteiger partial charge < -0.3 is 0 Å². The fourth-order valence-electron chi connectivity index (χ4n) is 2.06. The van der Waals surface area contributed by atoms with E-state index in [9.17, 15) is 16.8 Å². The normalized spacial score (nSPS) is 22.1. The molecule has 0 radical (unpaired) electrons. The molecule has 9 heteroatoms. The van der Waals surface area contributed by atoms with Crippen LogP contribution in [0.5, 0.6) is 0 Å². The summed E-state index contributed by atoms with van der Waals surface area (Å²) in [5.74, 6) is -0.323. The van der Waals surface area contributed by atoms with Gasteiger partial charge in [0.2, 0.25) is 10.0 Å². The second-order valence-corrected chi connectivity index (χ2v) is 10.1. The number of nitrogens with one attached hydrogen (secondary N) is 1. The van der Waals surface area contributed by atoms with Gasteiger partial charge in [-0.3, -0.25) is 0 Å².